The van der Waals surface area contributed by atoms with Crippen molar-refractivity contribution in [3.63, 3.8) is 0 Å². The lowest BCUT2D eigenvalue weighted by molar-refractivity contribution is -0.0493. The Bertz CT molecular complexity index is 718. The summed E-state index contributed by atoms with van der Waals surface area (Å²) in [6, 6.07) is 9.45. The van der Waals surface area contributed by atoms with Gasteiger partial charge in [-0.1, -0.05) is 12.1 Å². The van der Waals surface area contributed by atoms with E-state index in [1.54, 1.807) is 0 Å². The van der Waals surface area contributed by atoms with Crippen molar-refractivity contribution in [2.45, 2.75) is 11.5 Å². The average Bonchev–Trinajstić information content (AvgIpc) is 2.40. The molecule has 2 aromatic rings. The van der Waals surface area contributed by atoms with Gasteiger partial charge in [0.05, 0.1) is 10.6 Å². The van der Waals surface area contributed by atoms with Gasteiger partial charge in [-0.05, 0) is 36.4 Å². The summed E-state index contributed by atoms with van der Waals surface area (Å²) in [5, 5.41) is 0. The number of sulfonamides is 1. The van der Waals surface area contributed by atoms with E-state index in [1.165, 1.54) is 24.3 Å². The molecule has 2 aromatic carbocycles. The summed E-state index contributed by atoms with van der Waals surface area (Å²) in [4.78, 5) is -0.198. The lowest BCUT2D eigenvalue weighted by Crippen LogP contribution is -2.14. The fourth-order valence-corrected chi connectivity index (χ4v) is 2.64. The molecule has 0 amide bonds. The van der Waals surface area contributed by atoms with E-state index >= 15 is 0 Å². The van der Waals surface area contributed by atoms with Crippen LogP contribution in [-0.4, -0.2) is 15.0 Å². The predicted octanol–water partition coefficient (Wildman–Crippen LogP) is 3.23. The molecule has 21 heavy (non-hydrogen) atoms. The Morgan fingerprint density at radius 1 is 1.00 bits per heavy atom. The summed E-state index contributed by atoms with van der Waals surface area (Å²) in [6.07, 6.45) is 0. The van der Waals surface area contributed by atoms with Crippen LogP contribution in [0.2, 0.25) is 0 Å². The van der Waals surface area contributed by atoms with Gasteiger partial charge < -0.3 is 4.74 Å². The molecule has 0 aliphatic rings. The number of ether oxygens (including phenoxy) is 1. The first-order valence-electron chi connectivity index (χ1n) is 5.71. The number of anilines is 1. The molecule has 8 heteroatoms. The van der Waals surface area contributed by atoms with Crippen LogP contribution < -0.4 is 9.46 Å². The fourth-order valence-electron chi connectivity index (χ4n) is 1.57. The van der Waals surface area contributed by atoms with Gasteiger partial charge in [-0.3, -0.25) is 4.72 Å². The summed E-state index contributed by atoms with van der Waals surface area (Å²) in [5.41, 5.74) is -0.137. The number of nitrogens with one attached hydrogen (secondary N) is 1. The Balaban J connectivity index is 2.30. The molecule has 0 aliphatic heterocycles. The highest BCUT2D eigenvalue weighted by atomic mass is 32.2. The molecule has 0 saturated heterocycles. The van der Waals surface area contributed by atoms with E-state index in [2.05, 4.69) is 9.46 Å². The van der Waals surface area contributed by atoms with Crippen LogP contribution >= 0.6 is 0 Å². The van der Waals surface area contributed by atoms with Gasteiger partial charge in [0.15, 0.2) is 0 Å². The average molecular weight is 317 g/mol. The Hall–Kier alpha value is -2.22. The Morgan fingerprint density at radius 2 is 1.62 bits per heavy atom. The third-order valence-electron chi connectivity index (χ3n) is 2.47. The minimum Gasteiger partial charge on any atom is -0.433 e. The molecule has 0 aromatic heterocycles. The second-order valence-corrected chi connectivity index (χ2v) is 5.62. The van der Waals surface area contributed by atoms with Crippen LogP contribution in [0.4, 0.5) is 18.9 Å². The van der Waals surface area contributed by atoms with Gasteiger partial charge in [0, 0.05) is 0 Å². The molecule has 0 radical (unpaired) electrons. The van der Waals surface area contributed by atoms with Gasteiger partial charge in [-0.2, -0.15) is 8.78 Å². The summed E-state index contributed by atoms with van der Waals surface area (Å²) in [7, 11) is -4.03. The number of para-hydroxylation sites is 2. The van der Waals surface area contributed by atoms with Crippen molar-refractivity contribution in [2.24, 2.45) is 0 Å². The van der Waals surface area contributed by atoms with Gasteiger partial charge >= 0.3 is 6.61 Å². The van der Waals surface area contributed by atoms with Crippen LogP contribution in [0.5, 0.6) is 5.75 Å². The van der Waals surface area contributed by atoms with Crippen molar-refractivity contribution in [3.05, 3.63) is 54.3 Å². The van der Waals surface area contributed by atoms with Crippen LogP contribution in [0.25, 0.3) is 0 Å². The van der Waals surface area contributed by atoms with Gasteiger partial charge in [-0.25, -0.2) is 12.8 Å². The highest BCUT2D eigenvalue weighted by molar-refractivity contribution is 7.92. The number of alkyl halides is 2. The summed E-state index contributed by atoms with van der Waals surface area (Å²) >= 11 is 0. The van der Waals surface area contributed by atoms with Gasteiger partial charge in [0.2, 0.25) is 0 Å². The fraction of sp³-hybridized carbons (Fsp3) is 0.0769. The zero-order valence-electron chi connectivity index (χ0n) is 10.5. The molecule has 0 aliphatic carbocycles. The molecule has 0 heterocycles. The third kappa shape index (κ3) is 3.88. The van der Waals surface area contributed by atoms with Gasteiger partial charge in [0.25, 0.3) is 10.0 Å². The maximum absolute atomic E-state index is 12.8. The first kappa shape index (κ1) is 15.2. The highest BCUT2D eigenvalue weighted by Gasteiger charge is 2.17. The van der Waals surface area contributed by atoms with Crippen molar-refractivity contribution in [2.75, 3.05) is 4.72 Å². The minimum absolute atomic E-state index is 0.137. The van der Waals surface area contributed by atoms with E-state index in [0.29, 0.717) is 0 Å². The molecular formula is C13H10F3NO3S. The molecule has 2 rings (SSSR count). The number of rotatable bonds is 5. The Morgan fingerprint density at radius 3 is 2.24 bits per heavy atom. The Kier molecular flexibility index (Phi) is 4.37. The van der Waals surface area contributed by atoms with E-state index < -0.39 is 22.5 Å². The van der Waals surface area contributed by atoms with Gasteiger partial charge in [0.1, 0.15) is 11.6 Å². The topological polar surface area (TPSA) is 55.4 Å². The van der Waals surface area contributed by atoms with Gasteiger partial charge in [-0.15, -0.1) is 0 Å². The van der Waals surface area contributed by atoms with Crippen molar-refractivity contribution >= 4 is 15.7 Å². The summed E-state index contributed by atoms with van der Waals surface area (Å²) < 4.78 is 67.8. The largest absolute Gasteiger partial charge is 0.433 e. The minimum atomic E-state index is -4.03. The molecule has 0 unspecified atom stereocenters. The van der Waals surface area contributed by atoms with E-state index in [4.69, 9.17) is 0 Å². The SMILES string of the molecule is O=S(=O)(Nc1ccccc1OC(F)F)c1ccc(F)cc1. The number of halogens is 3. The standard InChI is InChI=1S/C13H10F3NO3S/c14-9-5-7-10(8-6-9)21(18,19)17-11-3-1-2-4-12(11)20-13(15)16/h1-8,13,17H. The molecule has 0 atom stereocenters. The molecule has 0 fully saturated rings. The highest BCUT2D eigenvalue weighted by Crippen LogP contribution is 2.27. The maximum Gasteiger partial charge on any atom is 0.387 e. The molecule has 0 saturated carbocycles. The van der Waals surface area contributed by atoms with Crippen LogP contribution in [0.1, 0.15) is 0 Å². The molecule has 112 valence electrons. The molecule has 0 bridgehead atoms. The van der Waals surface area contributed by atoms with Crippen LogP contribution in [0.3, 0.4) is 0 Å². The maximum atomic E-state index is 12.8. The quantitative estimate of drug-likeness (QED) is 0.921. The normalized spacial score (nSPS) is 11.4. The lowest BCUT2D eigenvalue weighted by Gasteiger charge is -2.12. The summed E-state index contributed by atoms with van der Waals surface area (Å²) in [6.45, 7) is -3.08. The Labute approximate surface area is 119 Å². The van der Waals surface area contributed by atoms with E-state index in [-0.39, 0.29) is 16.3 Å². The molecular weight excluding hydrogens is 307 g/mol. The third-order valence-corrected chi connectivity index (χ3v) is 3.85. The van der Waals surface area contributed by atoms with Crippen molar-refractivity contribution < 1.29 is 26.3 Å². The first-order valence-corrected chi connectivity index (χ1v) is 7.19. The second kappa shape index (κ2) is 6.04. The zero-order chi connectivity index (χ0) is 15.5. The molecule has 1 N–H and O–H groups in total. The molecule has 0 spiro atoms. The number of hydrogen-bond acceptors (Lipinski definition) is 3. The number of benzene rings is 2. The van der Waals surface area contributed by atoms with Crippen LogP contribution in [0.15, 0.2) is 53.4 Å². The monoisotopic (exact) mass is 317 g/mol. The second-order valence-electron chi connectivity index (χ2n) is 3.93. The predicted molar refractivity (Wildman–Crippen MR) is 70.3 cm³/mol. The van der Waals surface area contributed by atoms with Crippen molar-refractivity contribution in [1.82, 2.24) is 0 Å². The number of hydrogen-bond donors (Lipinski definition) is 1. The van der Waals surface area contributed by atoms with E-state index in [9.17, 15) is 21.6 Å². The zero-order valence-corrected chi connectivity index (χ0v) is 11.3. The smallest absolute Gasteiger partial charge is 0.387 e. The lowest BCUT2D eigenvalue weighted by atomic mass is 10.3. The molecule has 4 nitrogen and oxygen atoms in total. The van der Waals surface area contributed by atoms with Crippen LogP contribution in [-0.2, 0) is 10.0 Å². The first-order chi connectivity index (χ1) is 9.88. The van der Waals surface area contributed by atoms with Crippen molar-refractivity contribution in [3.8, 4) is 5.75 Å². The summed E-state index contributed by atoms with van der Waals surface area (Å²) in [5.74, 6) is -0.895. The van der Waals surface area contributed by atoms with E-state index in [0.717, 1.165) is 24.3 Å². The van der Waals surface area contributed by atoms with Crippen LogP contribution in [0, 0.1) is 5.82 Å². The van der Waals surface area contributed by atoms with E-state index in [1.807, 2.05) is 0 Å². The van der Waals surface area contributed by atoms with Crippen molar-refractivity contribution in [1.29, 1.82) is 0 Å².